The molecule has 1 rings (SSSR count). The molecule has 3 N–H and O–H groups in total. The van der Waals surface area contributed by atoms with E-state index in [1.807, 2.05) is 0 Å². The topological polar surface area (TPSA) is 81.4 Å². The van der Waals surface area contributed by atoms with Crippen molar-refractivity contribution in [1.82, 2.24) is 5.32 Å². The molecule has 0 spiro atoms. The number of hydrogen-bond donors (Lipinski definition) is 2. The van der Waals surface area contributed by atoms with Crippen LogP contribution in [0.15, 0.2) is 0 Å². The van der Waals surface area contributed by atoms with E-state index >= 15 is 0 Å². The highest BCUT2D eigenvalue weighted by Gasteiger charge is 2.14. The predicted molar refractivity (Wildman–Crippen MR) is 49.8 cm³/mol. The summed E-state index contributed by atoms with van der Waals surface area (Å²) in [5.41, 5.74) is 0. The van der Waals surface area contributed by atoms with Gasteiger partial charge in [-0.2, -0.15) is 0 Å². The minimum Gasteiger partial charge on any atom is -0.381 e. The van der Waals surface area contributed by atoms with Crippen molar-refractivity contribution in [3.63, 3.8) is 0 Å². The van der Waals surface area contributed by atoms with E-state index in [9.17, 15) is 8.42 Å². The molecule has 1 aliphatic heterocycles. The largest absolute Gasteiger partial charge is 0.381 e. The molecule has 0 amide bonds. The van der Waals surface area contributed by atoms with Crippen molar-refractivity contribution in [1.29, 1.82) is 0 Å². The van der Waals surface area contributed by atoms with E-state index in [0.717, 1.165) is 26.2 Å². The van der Waals surface area contributed by atoms with Gasteiger partial charge in [0.1, 0.15) is 0 Å². The summed E-state index contributed by atoms with van der Waals surface area (Å²) in [5, 5.41) is 7.88. The maximum absolute atomic E-state index is 10.5. The zero-order valence-corrected chi connectivity index (χ0v) is 8.35. The van der Waals surface area contributed by atoms with Crippen molar-refractivity contribution in [3.8, 4) is 0 Å². The van der Waals surface area contributed by atoms with E-state index in [2.05, 4.69) is 5.32 Å². The van der Waals surface area contributed by atoms with Crippen molar-refractivity contribution in [2.75, 3.05) is 32.1 Å². The highest BCUT2D eigenvalue weighted by atomic mass is 32.2. The highest BCUT2D eigenvalue weighted by molar-refractivity contribution is 7.89. The average Bonchev–Trinajstić information content (AvgIpc) is 2.48. The Bertz CT molecular complexity index is 234. The number of rotatable bonds is 5. The lowest BCUT2D eigenvalue weighted by Crippen LogP contribution is -2.30. The van der Waals surface area contributed by atoms with Gasteiger partial charge in [0, 0.05) is 19.7 Å². The Hall–Kier alpha value is -0.170. The Labute approximate surface area is 78.7 Å². The fourth-order valence-corrected chi connectivity index (χ4v) is 1.69. The smallest absolute Gasteiger partial charge is 0.210 e. The molecule has 1 fully saturated rings. The number of sulfonamides is 1. The molecule has 0 aliphatic carbocycles. The van der Waals surface area contributed by atoms with E-state index in [0.29, 0.717) is 12.5 Å². The second-order valence-corrected chi connectivity index (χ2v) is 5.03. The van der Waals surface area contributed by atoms with E-state index in [-0.39, 0.29) is 5.75 Å². The summed E-state index contributed by atoms with van der Waals surface area (Å²) in [6.07, 6.45) is 1.06. The summed E-state index contributed by atoms with van der Waals surface area (Å²) in [5.74, 6) is 0.529. The highest BCUT2D eigenvalue weighted by Crippen LogP contribution is 2.10. The SMILES string of the molecule is NS(=O)(=O)CCNCC1CCOC1. The average molecular weight is 208 g/mol. The molecule has 0 aromatic rings. The predicted octanol–water partition coefficient (Wildman–Crippen LogP) is -1.10. The summed E-state index contributed by atoms with van der Waals surface area (Å²) in [6, 6.07) is 0. The van der Waals surface area contributed by atoms with Crippen molar-refractivity contribution < 1.29 is 13.2 Å². The monoisotopic (exact) mass is 208 g/mol. The molecule has 0 bridgehead atoms. The Morgan fingerprint density at radius 2 is 2.31 bits per heavy atom. The lowest BCUT2D eigenvalue weighted by molar-refractivity contribution is 0.185. The van der Waals surface area contributed by atoms with Crippen LogP contribution in [0.4, 0.5) is 0 Å². The van der Waals surface area contributed by atoms with Gasteiger partial charge in [0.25, 0.3) is 0 Å². The van der Waals surface area contributed by atoms with Crippen LogP contribution in [-0.4, -0.2) is 40.5 Å². The molecule has 13 heavy (non-hydrogen) atoms. The van der Waals surface area contributed by atoms with E-state index in [4.69, 9.17) is 9.88 Å². The maximum Gasteiger partial charge on any atom is 0.210 e. The molecule has 0 aromatic carbocycles. The molecule has 0 radical (unpaired) electrons. The number of ether oxygens (including phenoxy) is 1. The van der Waals surface area contributed by atoms with Crippen LogP contribution >= 0.6 is 0 Å². The molecule has 0 aromatic heterocycles. The van der Waals surface area contributed by atoms with Gasteiger partial charge in [0.15, 0.2) is 0 Å². The van der Waals surface area contributed by atoms with Gasteiger partial charge in [-0.25, -0.2) is 13.6 Å². The van der Waals surface area contributed by atoms with E-state index < -0.39 is 10.0 Å². The van der Waals surface area contributed by atoms with Gasteiger partial charge in [-0.05, 0) is 12.3 Å². The lowest BCUT2D eigenvalue weighted by Gasteiger charge is -2.07. The van der Waals surface area contributed by atoms with E-state index in [1.165, 1.54) is 0 Å². The summed E-state index contributed by atoms with van der Waals surface area (Å²) < 4.78 is 26.3. The molecule has 1 saturated heterocycles. The summed E-state index contributed by atoms with van der Waals surface area (Å²) in [4.78, 5) is 0. The molecular formula is C7H16N2O3S. The lowest BCUT2D eigenvalue weighted by atomic mass is 10.1. The van der Waals surface area contributed by atoms with Crippen LogP contribution in [0, 0.1) is 5.92 Å². The van der Waals surface area contributed by atoms with Gasteiger partial charge in [0.05, 0.1) is 12.4 Å². The Morgan fingerprint density at radius 1 is 1.54 bits per heavy atom. The van der Waals surface area contributed by atoms with Gasteiger partial charge in [0.2, 0.25) is 10.0 Å². The summed E-state index contributed by atoms with van der Waals surface area (Å²) in [7, 11) is -3.31. The van der Waals surface area contributed by atoms with Crippen molar-refractivity contribution in [2.45, 2.75) is 6.42 Å². The van der Waals surface area contributed by atoms with Crippen molar-refractivity contribution >= 4 is 10.0 Å². The fraction of sp³-hybridized carbons (Fsp3) is 1.00. The van der Waals surface area contributed by atoms with Gasteiger partial charge < -0.3 is 10.1 Å². The molecule has 1 unspecified atom stereocenters. The maximum atomic E-state index is 10.5. The minimum absolute atomic E-state index is 0.000573. The normalized spacial score (nSPS) is 23.6. The Balaban J connectivity index is 2.01. The molecule has 0 saturated carbocycles. The molecule has 1 heterocycles. The zero-order valence-electron chi connectivity index (χ0n) is 7.53. The summed E-state index contributed by atoms with van der Waals surface area (Å²) >= 11 is 0. The zero-order chi connectivity index (χ0) is 9.73. The molecule has 1 aliphatic rings. The molecule has 1 atom stereocenters. The second kappa shape index (κ2) is 4.90. The van der Waals surface area contributed by atoms with E-state index in [1.54, 1.807) is 0 Å². The van der Waals surface area contributed by atoms with Crippen LogP contribution in [0.2, 0.25) is 0 Å². The fourth-order valence-electron chi connectivity index (χ4n) is 1.26. The third kappa shape index (κ3) is 5.20. The van der Waals surface area contributed by atoms with Crippen LogP contribution in [0.1, 0.15) is 6.42 Å². The van der Waals surface area contributed by atoms with Crippen LogP contribution < -0.4 is 10.5 Å². The van der Waals surface area contributed by atoms with Gasteiger partial charge in [-0.15, -0.1) is 0 Å². The number of nitrogens with two attached hydrogens (primary N) is 1. The molecule has 6 heteroatoms. The van der Waals surface area contributed by atoms with Crippen LogP contribution in [0.3, 0.4) is 0 Å². The van der Waals surface area contributed by atoms with Gasteiger partial charge in [-0.3, -0.25) is 0 Å². The third-order valence-corrected chi connectivity index (χ3v) is 2.79. The third-order valence-electron chi connectivity index (χ3n) is 2.02. The number of hydrogen-bond acceptors (Lipinski definition) is 4. The first-order chi connectivity index (χ1) is 6.08. The van der Waals surface area contributed by atoms with Crippen LogP contribution in [-0.2, 0) is 14.8 Å². The Morgan fingerprint density at radius 3 is 2.85 bits per heavy atom. The number of nitrogens with one attached hydrogen (secondary N) is 1. The quantitative estimate of drug-likeness (QED) is 0.562. The molecule has 78 valence electrons. The van der Waals surface area contributed by atoms with Crippen LogP contribution in [0.25, 0.3) is 0 Å². The number of primary sulfonamides is 1. The van der Waals surface area contributed by atoms with Crippen molar-refractivity contribution in [2.24, 2.45) is 11.1 Å². The standard InChI is InChI=1S/C7H16N2O3S/c8-13(10,11)4-2-9-5-7-1-3-12-6-7/h7,9H,1-6H2,(H2,8,10,11). The Kier molecular flexibility index (Phi) is 4.11. The molecule has 5 nitrogen and oxygen atoms in total. The first-order valence-electron chi connectivity index (χ1n) is 4.37. The van der Waals surface area contributed by atoms with Crippen LogP contribution in [0.5, 0.6) is 0 Å². The van der Waals surface area contributed by atoms with Crippen molar-refractivity contribution in [3.05, 3.63) is 0 Å². The minimum atomic E-state index is -3.31. The first kappa shape index (κ1) is 10.9. The van der Waals surface area contributed by atoms with Gasteiger partial charge in [-0.1, -0.05) is 0 Å². The first-order valence-corrected chi connectivity index (χ1v) is 6.08. The van der Waals surface area contributed by atoms with Gasteiger partial charge >= 0.3 is 0 Å². The second-order valence-electron chi connectivity index (χ2n) is 3.30. The summed E-state index contributed by atoms with van der Waals surface area (Å²) in [6.45, 7) is 2.84. The molecular weight excluding hydrogens is 192 g/mol.